The van der Waals surface area contributed by atoms with Crippen molar-refractivity contribution in [1.82, 2.24) is 10.2 Å². The van der Waals surface area contributed by atoms with Gasteiger partial charge in [-0.25, -0.2) is 0 Å². The minimum absolute atomic E-state index is 0.0479. The van der Waals surface area contributed by atoms with Gasteiger partial charge in [0.05, 0.1) is 18.8 Å². The third-order valence-electron chi connectivity index (χ3n) is 3.72. The van der Waals surface area contributed by atoms with E-state index in [1.165, 1.54) is 17.7 Å². The molecule has 1 saturated carbocycles. The summed E-state index contributed by atoms with van der Waals surface area (Å²) in [6.45, 7) is 2.55. The summed E-state index contributed by atoms with van der Waals surface area (Å²) in [7, 11) is 0. The van der Waals surface area contributed by atoms with Gasteiger partial charge >= 0.3 is 6.18 Å². The SMILES string of the molecule is CCN(CC1CCC(CNC2CC2)O1)CC(F)(F)F. The summed E-state index contributed by atoms with van der Waals surface area (Å²) in [6, 6.07) is 0.653. The summed E-state index contributed by atoms with van der Waals surface area (Å²) in [4.78, 5) is 1.42. The summed E-state index contributed by atoms with van der Waals surface area (Å²) in [5.41, 5.74) is 0. The maximum absolute atomic E-state index is 12.4. The average molecular weight is 280 g/mol. The Hall–Kier alpha value is -0.330. The molecule has 2 aliphatic rings. The van der Waals surface area contributed by atoms with Gasteiger partial charge in [-0.2, -0.15) is 13.2 Å². The monoisotopic (exact) mass is 280 g/mol. The Morgan fingerprint density at radius 2 is 1.84 bits per heavy atom. The van der Waals surface area contributed by atoms with Crippen LogP contribution in [0.2, 0.25) is 0 Å². The van der Waals surface area contributed by atoms with E-state index in [0.29, 0.717) is 19.1 Å². The van der Waals surface area contributed by atoms with Crippen LogP contribution in [0.5, 0.6) is 0 Å². The molecular weight excluding hydrogens is 257 g/mol. The van der Waals surface area contributed by atoms with Crippen LogP contribution in [0.1, 0.15) is 32.6 Å². The smallest absolute Gasteiger partial charge is 0.372 e. The molecule has 0 radical (unpaired) electrons. The molecular formula is C13H23F3N2O. The number of ether oxygens (including phenoxy) is 1. The van der Waals surface area contributed by atoms with E-state index < -0.39 is 12.7 Å². The van der Waals surface area contributed by atoms with E-state index in [1.807, 2.05) is 0 Å². The molecule has 1 saturated heterocycles. The Balaban J connectivity index is 1.67. The summed E-state index contributed by atoms with van der Waals surface area (Å²) in [5, 5.41) is 3.41. The van der Waals surface area contributed by atoms with Crippen molar-refractivity contribution in [1.29, 1.82) is 0 Å². The van der Waals surface area contributed by atoms with Crippen LogP contribution in [0, 0.1) is 0 Å². The molecule has 1 aliphatic carbocycles. The zero-order chi connectivity index (χ0) is 13.9. The van der Waals surface area contributed by atoms with E-state index in [4.69, 9.17) is 4.74 Å². The molecule has 6 heteroatoms. The van der Waals surface area contributed by atoms with Crippen molar-refractivity contribution in [2.45, 2.75) is 57.0 Å². The van der Waals surface area contributed by atoms with Crippen LogP contribution in [0.4, 0.5) is 13.2 Å². The third kappa shape index (κ3) is 5.67. The number of likely N-dealkylation sites (N-methyl/N-ethyl adjacent to an activating group) is 1. The molecule has 0 aromatic carbocycles. The highest BCUT2D eigenvalue weighted by Crippen LogP contribution is 2.24. The van der Waals surface area contributed by atoms with Crippen molar-refractivity contribution in [2.75, 3.05) is 26.2 Å². The number of halogens is 3. The van der Waals surface area contributed by atoms with Crippen molar-refractivity contribution in [2.24, 2.45) is 0 Å². The van der Waals surface area contributed by atoms with Gasteiger partial charge in [0.2, 0.25) is 0 Å². The molecule has 1 heterocycles. The second-order valence-electron chi connectivity index (χ2n) is 5.58. The molecule has 0 aromatic rings. The molecule has 3 nitrogen and oxygen atoms in total. The number of hydrogen-bond donors (Lipinski definition) is 1. The average Bonchev–Trinajstić information content (AvgIpc) is 3.05. The summed E-state index contributed by atoms with van der Waals surface area (Å²) in [6.07, 6.45) is 0.306. The zero-order valence-corrected chi connectivity index (χ0v) is 11.4. The van der Waals surface area contributed by atoms with Crippen molar-refractivity contribution < 1.29 is 17.9 Å². The van der Waals surface area contributed by atoms with E-state index >= 15 is 0 Å². The van der Waals surface area contributed by atoms with Crippen LogP contribution in [0.3, 0.4) is 0 Å². The Morgan fingerprint density at radius 3 is 2.42 bits per heavy atom. The molecule has 2 fully saturated rings. The lowest BCUT2D eigenvalue weighted by Crippen LogP contribution is -2.39. The molecule has 2 unspecified atom stereocenters. The maximum atomic E-state index is 12.4. The lowest BCUT2D eigenvalue weighted by Gasteiger charge is -2.25. The fourth-order valence-electron chi connectivity index (χ4n) is 2.50. The first-order chi connectivity index (χ1) is 8.96. The first-order valence-corrected chi connectivity index (χ1v) is 7.14. The standard InChI is InChI=1S/C13H23F3N2O/c1-2-18(9-13(14,15)16)8-12-6-5-11(19-12)7-17-10-3-4-10/h10-12,17H,2-9H2,1H3. The van der Waals surface area contributed by atoms with Crippen molar-refractivity contribution >= 4 is 0 Å². The topological polar surface area (TPSA) is 24.5 Å². The zero-order valence-electron chi connectivity index (χ0n) is 11.4. The molecule has 0 aromatic heterocycles. The predicted molar refractivity (Wildman–Crippen MR) is 67.1 cm³/mol. The quantitative estimate of drug-likeness (QED) is 0.773. The van der Waals surface area contributed by atoms with Gasteiger partial charge in [0.15, 0.2) is 0 Å². The van der Waals surface area contributed by atoms with Gasteiger partial charge in [-0.15, -0.1) is 0 Å². The molecule has 2 rings (SSSR count). The van der Waals surface area contributed by atoms with Crippen LogP contribution in [-0.2, 0) is 4.74 Å². The van der Waals surface area contributed by atoms with Crippen LogP contribution < -0.4 is 5.32 Å². The van der Waals surface area contributed by atoms with Crippen molar-refractivity contribution in [3.8, 4) is 0 Å². The van der Waals surface area contributed by atoms with E-state index in [0.717, 1.165) is 19.4 Å². The molecule has 2 atom stereocenters. The van der Waals surface area contributed by atoms with Crippen molar-refractivity contribution in [3.63, 3.8) is 0 Å². The first kappa shape index (κ1) is 15.1. The Kier molecular flexibility index (Phi) is 5.09. The summed E-state index contributed by atoms with van der Waals surface area (Å²) in [5.74, 6) is 0. The molecule has 19 heavy (non-hydrogen) atoms. The van der Waals surface area contributed by atoms with Gasteiger partial charge in [0, 0.05) is 19.1 Å². The van der Waals surface area contributed by atoms with Crippen LogP contribution in [-0.4, -0.2) is 55.5 Å². The van der Waals surface area contributed by atoms with Gasteiger partial charge in [0.25, 0.3) is 0 Å². The van der Waals surface area contributed by atoms with Gasteiger partial charge in [-0.05, 0) is 32.2 Å². The fraction of sp³-hybridized carbons (Fsp3) is 1.00. The highest BCUT2D eigenvalue weighted by Gasteiger charge is 2.33. The van der Waals surface area contributed by atoms with E-state index in [-0.39, 0.29) is 12.2 Å². The van der Waals surface area contributed by atoms with Crippen LogP contribution in [0.25, 0.3) is 0 Å². The minimum Gasteiger partial charge on any atom is -0.372 e. The molecule has 1 N–H and O–H groups in total. The minimum atomic E-state index is -4.12. The first-order valence-electron chi connectivity index (χ1n) is 7.14. The fourth-order valence-corrected chi connectivity index (χ4v) is 2.50. The molecule has 0 bridgehead atoms. The lowest BCUT2D eigenvalue weighted by molar-refractivity contribution is -0.148. The third-order valence-corrected chi connectivity index (χ3v) is 3.72. The molecule has 1 aliphatic heterocycles. The second kappa shape index (κ2) is 6.41. The van der Waals surface area contributed by atoms with Gasteiger partial charge in [-0.1, -0.05) is 6.92 Å². The normalized spacial score (nSPS) is 28.3. The number of nitrogens with one attached hydrogen (secondary N) is 1. The Labute approximate surface area is 112 Å². The van der Waals surface area contributed by atoms with Gasteiger partial charge in [-0.3, -0.25) is 4.90 Å². The highest BCUT2D eigenvalue weighted by molar-refractivity contribution is 4.84. The number of rotatable bonds is 7. The summed E-state index contributed by atoms with van der Waals surface area (Å²) < 4.78 is 42.9. The van der Waals surface area contributed by atoms with E-state index in [9.17, 15) is 13.2 Å². The second-order valence-corrected chi connectivity index (χ2v) is 5.58. The van der Waals surface area contributed by atoms with Gasteiger partial charge in [0.1, 0.15) is 0 Å². The molecule has 0 spiro atoms. The Morgan fingerprint density at radius 1 is 1.16 bits per heavy atom. The summed E-state index contributed by atoms with van der Waals surface area (Å²) >= 11 is 0. The number of alkyl halides is 3. The predicted octanol–water partition coefficient (Wildman–Crippen LogP) is 2.17. The molecule has 112 valence electrons. The lowest BCUT2D eigenvalue weighted by atomic mass is 10.2. The van der Waals surface area contributed by atoms with Crippen LogP contribution in [0.15, 0.2) is 0 Å². The Bertz CT molecular complexity index is 282. The number of hydrogen-bond acceptors (Lipinski definition) is 3. The van der Waals surface area contributed by atoms with Gasteiger partial charge < -0.3 is 10.1 Å². The molecule has 0 amide bonds. The maximum Gasteiger partial charge on any atom is 0.401 e. The van der Waals surface area contributed by atoms with E-state index in [2.05, 4.69) is 5.32 Å². The highest BCUT2D eigenvalue weighted by atomic mass is 19.4. The van der Waals surface area contributed by atoms with E-state index in [1.54, 1.807) is 6.92 Å². The van der Waals surface area contributed by atoms with Crippen LogP contribution >= 0.6 is 0 Å². The number of nitrogens with zero attached hydrogens (tertiary/aromatic N) is 1. The van der Waals surface area contributed by atoms with Crippen molar-refractivity contribution in [3.05, 3.63) is 0 Å². The largest absolute Gasteiger partial charge is 0.401 e.